The van der Waals surface area contributed by atoms with E-state index in [1.54, 1.807) is 29.2 Å². The molecule has 1 N–H and O–H groups in total. The minimum atomic E-state index is -0.957. The smallest absolute Gasteiger partial charge is 0.326 e. The van der Waals surface area contributed by atoms with Crippen molar-refractivity contribution >= 4 is 35.1 Å². The van der Waals surface area contributed by atoms with Crippen molar-refractivity contribution in [3.63, 3.8) is 0 Å². The molecule has 1 atom stereocenters. The Morgan fingerprint density at radius 3 is 2.35 bits per heavy atom. The van der Waals surface area contributed by atoms with Gasteiger partial charge in [-0.1, -0.05) is 29.8 Å². The van der Waals surface area contributed by atoms with E-state index in [9.17, 15) is 19.5 Å². The van der Waals surface area contributed by atoms with Crippen molar-refractivity contribution in [2.45, 2.75) is 45.6 Å². The van der Waals surface area contributed by atoms with Gasteiger partial charge in [0.1, 0.15) is 6.04 Å². The number of carbonyl (C=O) groups is 3. The molecule has 0 saturated carbocycles. The lowest BCUT2D eigenvalue weighted by Gasteiger charge is -2.27. The molecule has 7 heteroatoms. The van der Waals surface area contributed by atoms with Crippen molar-refractivity contribution in [2.24, 2.45) is 0 Å². The van der Waals surface area contributed by atoms with Crippen LogP contribution in [0, 0.1) is 13.8 Å². The van der Waals surface area contributed by atoms with Gasteiger partial charge < -0.3 is 14.9 Å². The van der Waals surface area contributed by atoms with E-state index in [1.165, 1.54) is 4.90 Å². The van der Waals surface area contributed by atoms with Gasteiger partial charge in [0.2, 0.25) is 5.91 Å². The summed E-state index contributed by atoms with van der Waals surface area (Å²) in [6, 6.07) is 11.9. The molecule has 31 heavy (non-hydrogen) atoms. The van der Waals surface area contributed by atoms with Gasteiger partial charge in [0, 0.05) is 35.8 Å². The van der Waals surface area contributed by atoms with E-state index < -0.39 is 12.0 Å². The van der Waals surface area contributed by atoms with Gasteiger partial charge in [0.05, 0.1) is 0 Å². The first-order chi connectivity index (χ1) is 14.8. The lowest BCUT2D eigenvalue weighted by atomic mass is 10.1. The van der Waals surface area contributed by atoms with Crippen LogP contribution in [0.3, 0.4) is 0 Å². The number of aryl methyl sites for hydroxylation is 2. The molecule has 1 saturated heterocycles. The Labute approximate surface area is 187 Å². The molecule has 2 aromatic carbocycles. The summed E-state index contributed by atoms with van der Waals surface area (Å²) in [6.45, 7) is 4.74. The highest BCUT2D eigenvalue weighted by molar-refractivity contribution is 6.30. The first kappa shape index (κ1) is 22.8. The van der Waals surface area contributed by atoms with E-state index in [2.05, 4.69) is 0 Å². The van der Waals surface area contributed by atoms with E-state index in [-0.39, 0.29) is 18.2 Å². The van der Waals surface area contributed by atoms with E-state index in [0.717, 1.165) is 16.8 Å². The zero-order valence-corrected chi connectivity index (χ0v) is 18.6. The predicted octanol–water partition coefficient (Wildman–Crippen LogP) is 4.46. The Balaban J connectivity index is 1.77. The Hall–Kier alpha value is -2.86. The number of aliphatic carboxylic acids is 1. The third kappa shape index (κ3) is 5.25. The van der Waals surface area contributed by atoms with Crippen LogP contribution < -0.4 is 4.90 Å². The number of amides is 2. The van der Waals surface area contributed by atoms with Gasteiger partial charge in [-0.25, -0.2) is 4.79 Å². The van der Waals surface area contributed by atoms with Gasteiger partial charge in [-0.2, -0.15) is 0 Å². The van der Waals surface area contributed by atoms with Gasteiger partial charge >= 0.3 is 5.97 Å². The molecule has 1 heterocycles. The Morgan fingerprint density at radius 1 is 1.10 bits per heavy atom. The number of nitrogens with zero attached hydrogens (tertiary/aromatic N) is 2. The lowest BCUT2D eigenvalue weighted by Crippen LogP contribution is -2.41. The maximum absolute atomic E-state index is 13.3. The summed E-state index contributed by atoms with van der Waals surface area (Å²) in [5.74, 6) is -1.29. The quantitative estimate of drug-likeness (QED) is 0.686. The molecule has 6 nitrogen and oxygen atoms in total. The standard InChI is InChI=1S/C24H27ClN2O4/c1-16-6-3-7-17(2)22(16)27(23(29)18-10-12-19(25)13-11-18)15-5-9-21(28)26-14-4-8-20(26)24(30)31/h3,6-7,10-13,20H,4-5,8-9,14-15H2,1-2H3,(H,30,31)/t20-/m0/s1. The van der Waals surface area contributed by atoms with Gasteiger partial charge in [-0.3, -0.25) is 9.59 Å². The normalized spacial score (nSPS) is 15.7. The third-order valence-corrected chi connectivity index (χ3v) is 5.93. The second-order valence-corrected chi connectivity index (χ2v) is 8.33. The van der Waals surface area contributed by atoms with Crippen LogP contribution >= 0.6 is 11.6 Å². The third-order valence-electron chi connectivity index (χ3n) is 5.68. The van der Waals surface area contributed by atoms with Crippen LogP contribution in [-0.4, -0.2) is 46.9 Å². The lowest BCUT2D eigenvalue weighted by molar-refractivity contribution is -0.148. The highest BCUT2D eigenvalue weighted by Crippen LogP contribution is 2.27. The maximum Gasteiger partial charge on any atom is 0.326 e. The fourth-order valence-electron chi connectivity index (χ4n) is 4.15. The number of likely N-dealkylation sites (tertiary alicyclic amines) is 1. The Kier molecular flexibility index (Phi) is 7.33. The highest BCUT2D eigenvalue weighted by atomic mass is 35.5. The maximum atomic E-state index is 13.3. The summed E-state index contributed by atoms with van der Waals surface area (Å²) >= 11 is 5.97. The summed E-state index contributed by atoms with van der Waals surface area (Å²) in [5, 5.41) is 9.87. The zero-order valence-electron chi connectivity index (χ0n) is 17.8. The van der Waals surface area contributed by atoms with E-state index in [0.29, 0.717) is 42.9 Å². The molecule has 0 aromatic heterocycles. The summed E-state index contributed by atoms with van der Waals surface area (Å²) in [4.78, 5) is 40.5. The van der Waals surface area contributed by atoms with Crippen molar-refractivity contribution in [2.75, 3.05) is 18.0 Å². The number of hydrogen-bond donors (Lipinski definition) is 1. The fourth-order valence-corrected chi connectivity index (χ4v) is 4.27. The monoisotopic (exact) mass is 442 g/mol. The van der Waals surface area contributed by atoms with Gasteiger partial charge in [0.15, 0.2) is 0 Å². The molecule has 1 fully saturated rings. The molecule has 3 rings (SSSR count). The molecule has 2 aromatic rings. The molecule has 0 unspecified atom stereocenters. The van der Waals surface area contributed by atoms with Gasteiger partial charge in [0.25, 0.3) is 5.91 Å². The predicted molar refractivity (Wildman–Crippen MR) is 121 cm³/mol. The summed E-state index contributed by atoms with van der Waals surface area (Å²) in [5.41, 5.74) is 3.29. The van der Waals surface area contributed by atoms with Crippen LogP contribution in [0.5, 0.6) is 0 Å². The summed E-state index contributed by atoms with van der Waals surface area (Å²) < 4.78 is 0. The average molecular weight is 443 g/mol. The van der Waals surface area contributed by atoms with Crippen LogP contribution in [0.25, 0.3) is 0 Å². The van der Waals surface area contributed by atoms with E-state index in [1.807, 2.05) is 32.0 Å². The van der Waals surface area contributed by atoms with Crippen molar-refractivity contribution in [3.8, 4) is 0 Å². The molecule has 2 amide bonds. The summed E-state index contributed by atoms with van der Waals surface area (Å²) in [7, 11) is 0. The SMILES string of the molecule is Cc1cccc(C)c1N(CCCC(=O)N1CCC[C@H]1C(=O)O)C(=O)c1ccc(Cl)cc1. The molecular weight excluding hydrogens is 416 g/mol. The second-order valence-electron chi connectivity index (χ2n) is 7.89. The van der Waals surface area contributed by atoms with E-state index >= 15 is 0 Å². The molecule has 1 aliphatic rings. The van der Waals surface area contributed by atoms with Crippen molar-refractivity contribution in [1.29, 1.82) is 0 Å². The number of carboxylic acids is 1. The van der Waals surface area contributed by atoms with Crippen LogP contribution in [0.1, 0.15) is 47.2 Å². The molecule has 0 radical (unpaired) electrons. The highest BCUT2D eigenvalue weighted by Gasteiger charge is 2.33. The van der Waals surface area contributed by atoms with Crippen molar-refractivity contribution < 1.29 is 19.5 Å². The number of carbonyl (C=O) groups excluding carboxylic acids is 2. The first-order valence-corrected chi connectivity index (χ1v) is 10.8. The van der Waals surface area contributed by atoms with Crippen molar-refractivity contribution in [3.05, 3.63) is 64.2 Å². The first-order valence-electron chi connectivity index (χ1n) is 10.5. The topological polar surface area (TPSA) is 77.9 Å². The van der Waals surface area contributed by atoms with E-state index in [4.69, 9.17) is 11.6 Å². The zero-order chi connectivity index (χ0) is 22.5. The van der Waals surface area contributed by atoms with Crippen LogP contribution in [0.2, 0.25) is 5.02 Å². The number of hydrogen-bond acceptors (Lipinski definition) is 3. The van der Waals surface area contributed by atoms with Crippen LogP contribution in [0.15, 0.2) is 42.5 Å². The number of halogens is 1. The fraction of sp³-hybridized carbons (Fsp3) is 0.375. The van der Waals surface area contributed by atoms with Gasteiger partial charge in [-0.05, 0) is 68.5 Å². The van der Waals surface area contributed by atoms with Crippen molar-refractivity contribution in [1.82, 2.24) is 4.90 Å². The number of carboxylic acid groups (broad SMARTS) is 1. The summed E-state index contributed by atoms with van der Waals surface area (Å²) in [6.07, 6.45) is 1.82. The minimum Gasteiger partial charge on any atom is -0.480 e. The average Bonchev–Trinajstić information content (AvgIpc) is 3.23. The van der Waals surface area contributed by atoms with Gasteiger partial charge in [-0.15, -0.1) is 0 Å². The Morgan fingerprint density at radius 2 is 1.74 bits per heavy atom. The molecule has 0 bridgehead atoms. The largest absolute Gasteiger partial charge is 0.480 e. The number of anilines is 1. The molecule has 1 aliphatic heterocycles. The Bertz CT molecular complexity index is 954. The number of benzene rings is 2. The molecule has 0 spiro atoms. The van der Waals surface area contributed by atoms with Crippen LogP contribution in [-0.2, 0) is 9.59 Å². The second kappa shape index (κ2) is 9.96. The number of rotatable bonds is 7. The molecule has 164 valence electrons. The molecule has 0 aliphatic carbocycles. The number of para-hydroxylation sites is 1. The van der Waals surface area contributed by atoms with Crippen LogP contribution in [0.4, 0.5) is 5.69 Å². The molecular formula is C24H27ClN2O4. The minimum absolute atomic E-state index is 0.161.